The Kier molecular flexibility index (Phi) is 2.40. The monoisotopic (exact) mass is 328 g/mol. The fourth-order valence-corrected chi connectivity index (χ4v) is 2.92. The van der Waals surface area contributed by atoms with Crippen LogP contribution in [0.5, 0.6) is 5.75 Å². The molecule has 0 fully saturated rings. The van der Waals surface area contributed by atoms with Crippen LogP contribution in [0.1, 0.15) is 0 Å². The first-order valence-corrected chi connectivity index (χ1v) is 6.81. The molecule has 0 saturated carbocycles. The first-order valence-electron chi connectivity index (χ1n) is 6.02. The van der Waals surface area contributed by atoms with Crippen LogP contribution in [0.25, 0.3) is 27.5 Å². The number of hydrogen-bond acceptors (Lipinski definition) is 4. The Balaban J connectivity index is 2.36. The molecule has 0 radical (unpaired) electrons. The summed E-state index contributed by atoms with van der Waals surface area (Å²) in [6.45, 7) is 0. The van der Waals surface area contributed by atoms with E-state index in [4.69, 9.17) is 4.74 Å². The number of methoxy groups -OCH3 is 1. The minimum absolute atomic E-state index is 0.801. The molecule has 0 spiro atoms. The second-order valence-corrected chi connectivity index (χ2v) is 5.22. The number of hydrogen-bond donors (Lipinski definition) is 0. The molecule has 0 aliphatic rings. The summed E-state index contributed by atoms with van der Waals surface area (Å²) in [4.78, 5) is 13.0. The van der Waals surface area contributed by atoms with E-state index >= 15 is 0 Å². The summed E-state index contributed by atoms with van der Waals surface area (Å²) in [5.74, 6) is 0.801. The number of halogens is 1. The Morgan fingerprint density at radius 3 is 2.75 bits per heavy atom. The molecule has 5 nitrogen and oxygen atoms in total. The van der Waals surface area contributed by atoms with E-state index in [-0.39, 0.29) is 0 Å². The number of ether oxygens (including phenoxy) is 1. The van der Waals surface area contributed by atoms with Crippen LogP contribution < -0.4 is 4.74 Å². The van der Waals surface area contributed by atoms with Crippen molar-refractivity contribution in [1.29, 1.82) is 0 Å². The minimum Gasteiger partial charge on any atom is -0.497 e. The van der Waals surface area contributed by atoms with Crippen LogP contribution >= 0.6 is 15.9 Å². The van der Waals surface area contributed by atoms with Crippen LogP contribution in [-0.4, -0.2) is 26.5 Å². The van der Waals surface area contributed by atoms with Gasteiger partial charge in [0.05, 0.1) is 13.3 Å². The molecule has 20 heavy (non-hydrogen) atoms. The molecule has 0 saturated heterocycles. The molecule has 4 rings (SSSR count). The van der Waals surface area contributed by atoms with Crippen molar-refractivity contribution in [2.75, 3.05) is 7.11 Å². The first-order chi connectivity index (χ1) is 9.79. The zero-order chi connectivity index (χ0) is 13.7. The maximum absolute atomic E-state index is 5.31. The van der Waals surface area contributed by atoms with Crippen molar-refractivity contribution in [1.82, 2.24) is 19.4 Å². The molecule has 0 N–H and O–H groups in total. The second-order valence-electron chi connectivity index (χ2n) is 4.41. The van der Waals surface area contributed by atoms with Crippen LogP contribution in [0.4, 0.5) is 0 Å². The zero-order valence-corrected chi connectivity index (χ0v) is 12.1. The Labute approximate surface area is 122 Å². The smallest absolute Gasteiger partial charge is 0.150 e. The Morgan fingerprint density at radius 2 is 1.90 bits per heavy atom. The fourth-order valence-electron chi connectivity index (χ4n) is 2.48. The molecule has 0 atom stereocenters. The van der Waals surface area contributed by atoms with E-state index < -0.39 is 0 Å². The number of aromatic nitrogens is 4. The molecule has 0 bridgehead atoms. The highest BCUT2D eigenvalue weighted by molar-refractivity contribution is 9.10. The van der Waals surface area contributed by atoms with Crippen LogP contribution in [0.2, 0.25) is 0 Å². The van der Waals surface area contributed by atoms with Gasteiger partial charge in [0.25, 0.3) is 0 Å². The Hall–Kier alpha value is -2.21. The van der Waals surface area contributed by atoms with Gasteiger partial charge in [-0.2, -0.15) is 0 Å². The normalized spacial score (nSPS) is 11.5. The number of rotatable bonds is 1. The molecule has 3 heterocycles. The van der Waals surface area contributed by atoms with Gasteiger partial charge in [-0.15, -0.1) is 0 Å². The summed E-state index contributed by atoms with van der Waals surface area (Å²) in [5.41, 5.74) is 1.68. The van der Waals surface area contributed by atoms with Gasteiger partial charge in [-0.25, -0.2) is 15.0 Å². The van der Waals surface area contributed by atoms with Crippen molar-refractivity contribution in [2.45, 2.75) is 0 Å². The van der Waals surface area contributed by atoms with Gasteiger partial charge in [-0.1, -0.05) is 0 Å². The highest BCUT2D eigenvalue weighted by Gasteiger charge is 2.13. The summed E-state index contributed by atoms with van der Waals surface area (Å²) in [5, 5.41) is 3.06. The van der Waals surface area contributed by atoms with Crippen LogP contribution in [0.15, 0.2) is 41.5 Å². The van der Waals surface area contributed by atoms with E-state index in [9.17, 15) is 0 Å². The third kappa shape index (κ3) is 1.45. The number of benzene rings is 1. The van der Waals surface area contributed by atoms with Gasteiger partial charge in [-0.3, -0.25) is 4.40 Å². The number of imidazole rings is 1. The predicted octanol–water partition coefficient (Wildman–Crippen LogP) is 3.20. The summed E-state index contributed by atoms with van der Waals surface area (Å²) in [7, 11) is 1.66. The van der Waals surface area contributed by atoms with Crippen molar-refractivity contribution in [3.05, 3.63) is 41.5 Å². The maximum atomic E-state index is 5.31. The molecule has 0 amide bonds. The summed E-state index contributed by atoms with van der Waals surface area (Å²) in [6, 6.07) is 5.93. The number of pyridine rings is 1. The van der Waals surface area contributed by atoms with E-state index in [1.807, 2.05) is 28.8 Å². The highest BCUT2D eigenvalue weighted by atomic mass is 79.9. The van der Waals surface area contributed by atoms with Crippen LogP contribution in [0.3, 0.4) is 0 Å². The van der Waals surface area contributed by atoms with Crippen molar-refractivity contribution >= 4 is 43.4 Å². The lowest BCUT2D eigenvalue weighted by Crippen LogP contribution is -1.95. The van der Waals surface area contributed by atoms with Gasteiger partial charge in [-0.05, 0) is 39.5 Å². The zero-order valence-electron chi connectivity index (χ0n) is 10.5. The third-order valence-corrected chi connectivity index (χ3v) is 3.94. The number of nitrogens with zero attached hydrogens (tertiary/aromatic N) is 4. The van der Waals surface area contributed by atoms with Crippen molar-refractivity contribution in [2.24, 2.45) is 0 Å². The molecule has 1 aromatic carbocycles. The minimum atomic E-state index is 0.801. The molecule has 0 unspecified atom stereocenters. The van der Waals surface area contributed by atoms with Gasteiger partial charge in [0.1, 0.15) is 22.3 Å². The predicted molar refractivity (Wildman–Crippen MR) is 80.0 cm³/mol. The fraction of sp³-hybridized carbons (Fsp3) is 0.0714. The SMILES string of the molecule is COc1ccc2c3cncnc3n3c(Br)cnc3c2c1. The van der Waals surface area contributed by atoms with E-state index in [0.29, 0.717) is 0 Å². The van der Waals surface area contributed by atoms with Crippen molar-refractivity contribution < 1.29 is 4.74 Å². The Bertz CT molecular complexity index is 964. The van der Waals surface area contributed by atoms with Gasteiger partial charge in [0.2, 0.25) is 0 Å². The molecule has 0 aliphatic carbocycles. The lowest BCUT2D eigenvalue weighted by Gasteiger charge is -2.08. The lowest BCUT2D eigenvalue weighted by atomic mass is 10.1. The van der Waals surface area contributed by atoms with Crippen LogP contribution in [-0.2, 0) is 0 Å². The molecule has 4 aromatic rings. The van der Waals surface area contributed by atoms with E-state index in [1.165, 1.54) is 0 Å². The third-order valence-electron chi connectivity index (χ3n) is 3.38. The van der Waals surface area contributed by atoms with Gasteiger partial charge < -0.3 is 4.74 Å². The maximum Gasteiger partial charge on any atom is 0.150 e. The number of fused-ring (bicyclic) bond motifs is 6. The van der Waals surface area contributed by atoms with E-state index in [1.54, 1.807) is 19.6 Å². The largest absolute Gasteiger partial charge is 0.497 e. The molecule has 98 valence electrons. The highest BCUT2D eigenvalue weighted by Crippen LogP contribution is 2.32. The molecule has 6 heteroatoms. The second kappa shape index (κ2) is 4.14. The van der Waals surface area contributed by atoms with Crippen molar-refractivity contribution in [3.8, 4) is 5.75 Å². The molecular formula is C14H9BrN4O. The lowest BCUT2D eigenvalue weighted by molar-refractivity contribution is 0.415. The first kappa shape index (κ1) is 11.6. The average molecular weight is 329 g/mol. The summed E-state index contributed by atoms with van der Waals surface area (Å²) >= 11 is 3.52. The molecular weight excluding hydrogens is 320 g/mol. The quantitative estimate of drug-likeness (QED) is 0.503. The van der Waals surface area contributed by atoms with E-state index in [2.05, 4.69) is 30.9 Å². The van der Waals surface area contributed by atoms with Gasteiger partial charge in [0, 0.05) is 17.0 Å². The van der Waals surface area contributed by atoms with Gasteiger partial charge in [0.15, 0.2) is 5.65 Å². The van der Waals surface area contributed by atoms with E-state index in [0.717, 1.165) is 37.8 Å². The molecule has 3 aromatic heterocycles. The average Bonchev–Trinajstić information content (AvgIpc) is 2.89. The topological polar surface area (TPSA) is 52.3 Å². The standard InChI is InChI=1S/C14H9BrN4O/c1-20-8-2-3-9-10(4-8)13-17-6-12(15)19(13)14-11(9)5-16-7-18-14/h2-7H,1H3. The summed E-state index contributed by atoms with van der Waals surface area (Å²) < 4.78 is 8.14. The molecule has 0 aliphatic heterocycles. The van der Waals surface area contributed by atoms with Gasteiger partial charge >= 0.3 is 0 Å². The Morgan fingerprint density at radius 1 is 1.05 bits per heavy atom. The van der Waals surface area contributed by atoms with Crippen LogP contribution in [0, 0.1) is 0 Å². The van der Waals surface area contributed by atoms with Crippen molar-refractivity contribution in [3.63, 3.8) is 0 Å². The summed E-state index contributed by atoms with van der Waals surface area (Å²) in [6.07, 6.45) is 5.14.